The number of allylic oxidation sites excluding steroid dienone is 1. The van der Waals surface area contributed by atoms with Gasteiger partial charge in [-0.15, -0.1) is 0 Å². The molecule has 0 bridgehead atoms. The predicted molar refractivity (Wildman–Crippen MR) is 75.8 cm³/mol. The maximum Gasteiger partial charge on any atom is 0.168 e. The van der Waals surface area contributed by atoms with Gasteiger partial charge in [-0.1, -0.05) is 26.0 Å². The number of hydrogen-bond acceptors (Lipinski definition) is 2. The van der Waals surface area contributed by atoms with Gasteiger partial charge in [0.1, 0.15) is 0 Å². The number of carbonyl (C=O) groups excluding carboxylic acids is 1. The smallest absolute Gasteiger partial charge is 0.168 e. The average molecular weight is 264 g/mol. The van der Waals surface area contributed by atoms with Crippen LogP contribution in [0.15, 0.2) is 18.2 Å². The second-order valence-corrected chi connectivity index (χ2v) is 5.03. The molecule has 0 radical (unpaired) electrons. The zero-order valence-corrected chi connectivity index (χ0v) is 12.0. The highest BCUT2D eigenvalue weighted by atomic mass is 19.1. The lowest BCUT2D eigenvalue weighted by Gasteiger charge is -2.12. The van der Waals surface area contributed by atoms with Gasteiger partial charge in [0.15, 0.2) is 17.3 Å². The lowest BCUT2D eigenvalue weighted by Crippen LogP contribution is -2.01. The van der Waals surface area contributed by atoms with E-state index in [9.17, 15) is 9.18 Å². The van der Waals surface area contributed by atoms with Crippen molar-refractivity contribution in [1.29, 1.82) is 0 Å². The summed E-state index contributed by atoms with van der Waals surface area (Å²) in [6.45, 7) is 5.68. The molecular weight excluding hydrogens is 243 g/mol. The van der Waals surface area contributed by atoms with E-state index in [1.807, 2.05) is 0 Å². The van der Waals surface area contributed by atoms with Crippen LogP contribution in [0, 0.1) is 11.7 Å². The van der Waals surface area contributed by atoms with Gasteiger partial charge >= 0.3 is 0 Å². The molecule has 0 spiro atoms. The first-order chi connectivity index (χ1) is 8.95. The number of rotatable bonds is 6. The summed E-state index contributed by atoms with van der Waals surface area (Å²) in [5, 5.41) is 0. The lowest BCUT2D eigenvalue weighted by molar-refractivity contribution is -0.112. The Bertz CT molecular complexity index is 476. The van der Waals surface area contributed by atoms with Gasteiger partial charge in [-0.25, -0.2) is 4.39 Å². The molecule has 0 N–H and O–H groups in total. The molecule has 2 nitrogen and oxygen atoms in total. The molecule has 0 fully saturated rings. The summed E-state index contributed by atoms with van der Waals surface area (Å²) in [6, 6.07) is 3.38. The molecule has 0 saturated carbocycles. The Labute approximate surface area is 114 Å². The SMILES string of the molecule is COc1ccc(C=CC(C)=O)c(CCC(C)C)c1F. The summed E-state index contributed by atoms with van der Waals surface area (Å²) in [6.07, 6.45) is 4.66. The normalized spacial score (nSPS) is 11.3. The topological polar surface area (TPSA) is 26.3 Å². The van der Waals surface area contributed by atoms with Gasteiger partial charge in [-0.2, -0.15) is 0 Å². The van der Waals surface area contributed by atoms with Crippen LogP contribution in [0.2, 0.25) is 0 Å². The molecule has 0 unspecified atom stereocenters. The first-order valence-electron chi connectivity index (χ1n) is 6.49. The molecule has 0 aromatic heterocycles. The van der Waals surface area contributed by atoms with Crippen LogP contribution < -0.4 is 4.74 Å². The second kappa shape index (κ2) is 7.07. The maximum atomic E-state index is 14.3. The molecule has 0 atom stereocenters. The highest BCUT2D eigenvalue weighted by molar-refractivity contribution is 5.91. The van der Waals surface area contributed by atoms with Crippen molar-refractivity contribution in [2.24, 2.45) is 5.92 Å². The highest BCUT2D eigenvalue weighted by Gasteiger charge is 2.13. The lowest BCUT2D eigenvalue weighted by atomic mass is 9.97. The molecule has 0 amide bonds. The molecule has 0 aliphatic carbocycles. The largest absolute Gasteiger partial charge is 0.494 e. The van der Waals surface area contributed by atoms with Crippen LogP contribution in [-0.2, 0) is 11.2 Å². The van der Waals surface area contributed by atoms with Gasteiger partial charge < -0.3 is 4.74 Å². The number of ketones is 1. The van der Waals surface area contributed by atoms with E-state index in [2.05, 4.69) is 13.8 Å². The van der Waals surface area contributed by atoms with Gasteiger partial charge in [-0.3, -0.25) is 4.79 Å². The van der Waals surface area contributed by atoms with Crippen molar-refractivity contribution in [1.82, 2.24) is 0 Å². The summed E-state index contributed by atoms with van der Waals surface area (Å²) in [7, 11) is 1.45. The fourth-order valence-corrected chi connectivity index (χ4v) is 1.82. The van der Waals surface area contributed by atoms with Gasteiger partial charge in [0.2, 0.25) is 0 Å². The number of carbonyl (C=O) groups is 1. The second-order valence-electron chi connectivity index (χ2n) is 5.03. The summed E-state index contributed by atoms with van der Waals surface area (Å²) >= 11 is 0. The molecule has 0 heterocycles. The van der Waals surface area contributed by atoms with Gasteiger partial charge in [0.25, 0.3) is 0 Å². The van der Waals surface area contributed by atoms with E-state index in [4.69, 9.17) is 4.74 Å². The standard InChI is InChI=1S/C16H21FO2/c1-11(2)5-9-14-13(7-6-12(3)18)8-10-15(19-4)16(14)17/h6-8,10-11H,5,9H2,1-4H3. The first-order valence-corrected chi connectivity index (χ1v) is 6.49. The molecular formula is C16H21FO2. The van der Waals surface area contributed by atoms with Crippen molar-refractivity contribution in [2.75, 3.05) is 7.11 Å². The number of methoxy groups -OCH3 is 1. The average Bonchev–Trinajstić information content (AvgIpc) is 2.34. The molecule has 104 valence electrons. The Morgan fingerprint density at radius 3 is 2.63 bits per heavy atom. The van der Waals surface area contributed by atoms with E-state index < -0.39 is 0 Å². The third-order valence-electron chi connectivity index (χ3n) is 2.93. The summed E-state index contributed by atoms with van der Waals surface area (Å²) in [4.78, 5) is 11.0. The summed E-state index contributed by atoms with van der Waals surface area (Å²) in [5.74, 6) is 0.369. The van der Waals surface area contributed by atoms with E-state index in [1.165, 1.54) is 20.1 Å². The van der Waals surface area contributed by atoms with Crippen molar-refractivity contribution in [3.8, 4) is 5.75 Å². The van der Waals surface area contributed by atoms with Gasteiger partial charge in [0, 0.05) is 0 Å². The van der Waals surface area contributed by atoms with Crippen molar-refractivity contribution >= 4 is 11.9 Å². The summed E-state index contributed by atoms with van der Waals surface area (Å²) < 4.78 is 19.3. The van der Waals surface area contributed by atoms with Crippen LogP contribution in [0.4, 0.5) is 4.39 Å². The van der Waals surface area contributed by atoms with E-state index in [1.54, 1.807) is 18.2 Å². The van der Waals surface area contributed by atoms with Crippen LogP contribution >= 0.6 is 0 Å². The quantitative estimate of drug-likeness (QED) is 0.725. The van der Waals surface area contributed by atoms with Crippen LogP contribution in [0.25, 0.3) is 6.08 Å². The molecule has 1 aromatic rings. The van der Waals surface area contributed by atoms with E-state index >= 15 is 0 Å². The number of ether oxygens (including phenoxy) is 1. The third kappa shape index (κ3) is 4.51. The minimum atomic E-state index is -0.325. The van der Waals surface area contributed by atoms with Crippen LogP contribution in [0.5, 0.6) is 5.75 Å². The van der Waals surface area contributed by atoms with Crippen molar-refractivity contribution in [3.63, 3.8) is 0 Å². The van der Waals surface area contributed by atoms with Gasteiger partial charge in [-0.05, 0) is 49.0 Å². The van der Waals surface area contributed by atoms with E-state index in [0.717, 1.165) is 12.0 Å². The Balaban J connectivity index is 3.14. The fraction of sp³-hybridized carbons (Fsp3) is 0.438. The molecule has 19 heavy (non-hydrogen) atoms. The monoisotopic (exact) mass is 264 g/mol. The fourth-order valence-electron chi connectivity index (χ4n) is 1.82. The third-order valence-corrected chi connectivity index (χ3v) is 2.93. The Morgan fingerprint density at radius 1 is 1.42 bits per heavy atom. The van der Waals surface area contributed by atoms with Crippen molar-refractivity contribution in [3.05, 3.63) is 35.2 Å². The molecule has 0 aliphatic rings. The zero-order chi connectivity index (χ0) is 14.4. The Kier molecular flexibility index (Phi) is 5.74. The zero-order valence-electron chi connectivity index (χ0n) is 12.0. The highest BCUT2D eigenvalue weighted by Crippen LogP contribution is 2.26. The number of benzene rings is 1. The maximum absolute atomic E-state index is 14.3. The predicted octanol–water partition coefficient (Wildman–Crippen LogP) is 4.03. The van der Waals surface area contributed by atoms with Crippen LogP contribution in [0.1, 0.15) is 38.3 Å². The Hall–Kier alpha value is -1.64. The molecule has 1 aromatic carbocycles. The molecule has 0 aliphatic heterocycles. The minimum Gasteiger partial charge on any atom is -0.494 e. The number of halogens is 1. The van der Waals surface area contributed by atoms with Crippen molar-refractivity contribution in [2.45, 2.75) is 33.6 Å². The van der Waals surface area contributed by atoms with E-state index in [0.29, 0.717) is 17.9 Å². The van der Waals surface area contributed by atoms with Crippen molar-refractivity contribution < 1.29 is 13.9 Å². The molecule has 1 rings (SSSR count). The van der Waals surface area contributed by atoms with Crippen LogP contribution in [-0.4, -0.2) is 12.9 Å². The van der Waals surface area contributed by atoms with E-state index in [-0.39, 0.29) is 17.3 Å². The number of hydrogen-bond donors (Lipinski definition) is 0. The Morgan fingerprint density at radius 2 is 2.11 bits per heavy atom. The molecule has 0 saturated heterocycles. The minimum absolute atomic E-state index is 0.0500. The summed E-state index contributed by atoms with van der Waals surface area (Å²) in [5.41, 5.74) is 1.36. The van der Waals surface area contributed by atoms with Crippen LogP contribution in [0.3, 0.4) is 0 Å². The molecule has 3 heteroatoms. The van der Waals surface area contributed by atoms with Gasteiger partial charge in [0.05, 0.1) is 7.11 Å². The first kappa shape index (κ1) is 15.4.